The predicted molar refractivity (Wildman–Crippen MR) is 292 cm³/mol. The number of aromatic nitrogens is 4. The van der Waals surface area contributed by atoms with Gasteiger partial charge >= 0.3 is 0 Å². The van der Waals surface area contributed by atoms with Gasteiger partial charge in [-0.3, -0.25) is 29.7 Å². The Morgan fingerprint density at radius 1 is 0.309 bits per heavy atom. The van der Waals surface area contributed by atoms with Crippen LogP contribution in [0.25, 0.3) is 0 Å². The molecule has 0 unspecified atom stereocenters. The highest BCUT2D eigenvalue weighted by atomic mass is 15.2. The average molecular weight is 930 g/mol. The minimum absolute atomic E-state index is 0.598. The Balaban J connectivity index is 1.73. The molecule has 4 heterocycles. The first-order valence-corrected chi connectivity index (χ1v) is 28.6. The molecule has 6 nitrogen and oxygen atoms in total. The second-order valence-corrected chi connectivity index (χ2v) is 20.7. The maximum atomic E-state index is 5.08. The lowest BCUT2D eigenvalue weighted by Crippen LogP contribution is -2.35. The van der Waals surface area contributed by atoms with E-state index in [1.165, 1.54) is 199 Å². The van der Waals surface area contributed by atoms with Gasteiger partial charge in [-0.05, 0) is 146 Å². The van der Waals surface area contributed by atoms with Crippen LogP contribution in [0.5, 0.6) is 0 Å². The predicted octanol–water partition coefficient (Wildman–Crippen LogP) is 17.8. The van der Waals surface area contributed by atoms with Gasteiger partial charge in [-0.2, -0.15) is 0 Å². The highest BCUT2D eigenvalue weighted by Crippen LogP contribution is 2.32. The normalized spacial score (nSPS) is 12.0. The molecule has 0 bridgehead atoms. The molecule has 0 N–H and O–H groups in total. The third kappa shape index (κ3) is 21.3. The quantitative estimate of drug-likeness (QED) is 0.0444. The molecule has 0 aliphatic heterocycles. The molecular weight excluding hydrogens is 829 g/mol. The van der Waals surface area contributed by atoms with Gasteiger partial charge in [0.1, 0.15) is 0 Å². The van der Waals surface area contributed by atoms with Crippen molar-refractivity contribution in [3.05, 3.63) is 118 Å². The molecular formula is C62H100N6. The fraction of sp³-hybridized carbons (Fsp3) is 0.677. The largest absolute Gasteiger partial charge is 0.290 e. The summed E-state index contributed by atoms with van der Waals surface area (Å²) in [6.45, 7) is 23.6. The summed E-state index contributed by atoms with van der Waals surface area (Å²) < 4.78 is 0. The molecule has 4 aromatic heterocycles. The van der Waals surface area contributed by atoms with Crippen molar-refractivity contribution >= 4 is 0 Å². The Morgan fingerprint density at radius 3 is 0.676 bits per heavy atom. The van der Waals surface area contributed by atoms with Gasteiger partial charge in [0.2, 0.25) is 0 Å². The van der Waals surface area contributed by atoms with Crippen molar-refractivity contribution in [1.82, 2.24) is 29.7 Å². The van der Waals surface area contributed by atoms with Crippen LogP contribution in [-0.2, 0) is 26.2 Å². The number of rotatable bonds is 39. The first-order valence-electron chi connectivity index (χ1n) is 28.6. The number of hydrogen-bond donors (Lipinski definition) is 0. The minimum Gasteiger partial charge on any atom is -0.290 e. The summed E-state index contributed by atoms with van der Waals surface area (Å²) in [6.07, 6.45) is 38.6. The lowest BCUT2D eigenvalue weighted by atomic mass is 9.89. The summed E-state index contributed by atoms with van der Waals surface area (Å²) in [6, 6.07) is 19.0. The molecule has 0 atom stereocenters. The number of unbranched alkanes of at least 4 members (excludes halogenated alkanes) is 8. The van der Waals surface area contributed by atoms with Crippen molar-refractivity contribution in [2.75, 3.05) is 13.1 Å². The molecule has 0 aromatic carbocycles. The summed E-state index contributed by atoms with van der Waals surface area (Å²) in [5.74, 6) is 2.39. The van der Waals surface area contributed by atoms with Crippen molar-refractivity contribution in [3.63, 3.8) is 0 Å². The Hall–Kier alpha value is -3.48. The molecule has 0 fully saturated rings. The third-order valence-electron chi connectivity index (χ3n) is 14.8. The Kier molecular flexibility index (Phi) is 29.2. The van der Waals surface area contributed by atoms with Crippen LogP contribution in [0.1, 0.15) is 278 Å². The van der Waals surface area contributed by atoms with Crippen molar-refractivity contribution in [3.8, 4) is 0 Å². The third-order valence-corrected chi connectivity index (χ3v) is 14.8. The van der Waals surface area contributed by atoms with Crippen LogP contribution in [0.15, 0.2) is 73.3 Å². The van der Waals surface area contributed by atoms with Gasteiger partial charge in [0.25, 0.3) is 0 Å². The molecule has 6 heteroatoms. The summed E-state index contributed by atoms with van der Waals surface area (Å²) in [5, 5.41) is 0. The second-order valence-electron chi connectivity index (χ2n) is 20.7. The van der Waals surface area contributed by atoms with Crippen LogP contribution in [0.2, 0.25) is 0 Å². The van der Waals surface area contributed by atoms with E-state index >= 15 is 0 Å². The van der Waals surface area contributed by atoms with E-state index in [0.717, 1.165) is 39.3 Å². The van der Waals surface area contributed by atoms with Gasteiger partial charge in [-0.15, -0.1) is 0 Å². The first kappa shape index (κ1) is 57.1. The maximum Gasteiger partial charge on any atom is 0.0546 e. The highest BCUT2D eigenvalue weighted by Gasteiger charge is 2.20. The molecule has 0 aliphatic rings. The molecule has 0 aliphatic carbocycles. The zero-order valence-corrected chi connectivity index (χ0v) is 45.1. The fourth-order valence-electron chi connectivity index (χ4n) is 10.5. The smallest absolute Gasteiger partial charge is 0.0546 e. The van der Waals surface area contributed by atoms with E-state index in [1.54, 1.807) is 0 Å². The lowest BCUT2D eigenvalue weighted by molar-refractivity contribution is 0.177. The second kappa shape index (κ2) is 34.8. The molecule has 0 saturated carbocycles. The van der Waals surface area contributed by atoms with E-state index in [0.29, 0.717) is 23.7 Å². The van der Waals surface area contributed by atoms with Crippen molar-refractivity contribution in [2.24, 2.45) is 0 Å². The molecule has 68 heavy (non-hydrogen) atoms. The van der Waals surface area contributed by atoms with Crippen LogP contribution in [0.3, 0.4) is 0 Å². The molecule has 4 rings (SSSR count). The van der Waals surface area contributed by atoms with Gasteiger partial charge in [-0.25, -0.2) is 0 Å². The zero-order chi connectivity index (χ0) is 48.6. The van der Waals surface area contributed by atoms with Gasteiger partial charge in [-0.1, -0.05) is 158 Å². The maximum absolute atomic E-state index is 5.08. The molecule has 0 spiro atoms. The molecule has 378 valence electrons. The molecule has 4 aromatic rings. The summed E-state index contributed by atoms with van der Waals surface area (Å²) in [5.41, 5.74) is 10.6. The zero-order valence-electron chi connectivity index (χ0n) is 45.1. The molecule has 0 saturated heterocycles. The van der Waals surface area contributed by atoms with Gasteiger partial charge < -0.3 is 0 Å². The average Bonchev–Trinajstić information content (AvgIpc) is 3.36. The minimum atomic E-state index is 0.598. The van der Waals surface area contributed by atoms with Crippen LogP contribution in [0.4, 0.5) is 0 Å². The van der Waals surface area contributed by atoms with E-state index < -0.39 is 0 Å². The highest BCUT2D eigenvalue weighted by molar-refractivity contribution is 5.25. The van der Waals surface area contributed by atoms with Crippen LogP contribution in [0, 0.1) is 0 Å². The van der Waals surface area contributed by atoms with E-state index in [2.05, 4.69) is 139 Å². The van der Waals surface area contributed by atoms with Gasteiger partial charge in [0.05, 0.1) is 22.8 Å². The van der Waals surface area contributed by atoms with E-state index in [1.807, 2.05) is 0 Å². The Morgan fingerprint density at radius 2 is 0.500 bits per heavy atom. The van der Waals surface area contributed by atoms with Crippen molar-refractivity contribution in [1.29, 1.82) is 0 Å². The molecule has 0 amide bonds. The van der Waals surface area contributed by atoms with Crippen molar-refractivity contribution in [2.45, 2.75) is 259 Å². The van der Waals surface area contributed by atoms with Gasteiger partial charge in [0, 0.05) is 64.1 Å². The molecule has 0 radical (unpaired) electrons. The van der Waals surface area contributed by atoms with E-state index in [-0.39, 0.29) is 0 Å². The number of nitrogens with zero attached hydrogens (tertiary/aromatic N) is 6. The monoisotopic (exact) mass is 929 g/mol. The fourth-order valence-corrected chi connectivity index (χ4v) is 10.5. The van der Waals surface area contributed by atoms with Crippen LogP contribution in [-0.4, -0.2) is 42.8 Å². The Labute approximate surface area is 418 Å². The standard InChI is InChI=1S/C62H100N6/c1-9-17-25-51(26-18-10-2)55-33-37-63-59(43-55)47-67(48-60-44-56(34-38-64-60)52(27-19-11-3)28-20-12-4)41-42-68(49-61-45-57(35-39-65-61)53(29-21-13-5)30-22-14-6)50-62-46-58(36-40-66-62)54(31-23-15-7)32-24-16-8/h33-40,43-46,51-54H,9-32,41-42,47-50H2,1-8H3. The van der Waals surface area contributed by atoms with Crippen LogP contribution >= 0.6 is 0 Å². The summed E-state index contributed by atoms with van der Waals surface area (Å²) in [4.78, 5) is 25.6. The number of pyridine rings is 4. The number of hydrogen-bond acceptors (Lipinski definition) is 6. The van der Waals surface area contributed by atoms with E-state index in [9.17, 15) is 0 Å². The van der Waals surface area contributed by atoms with Crippen molar-refractivity contribution < 1.29 is 0 Å². The SMILES string of the molecule is CCCCC(CCCC)c1ccnc(CN(CCN(Cc2cc(C(CCCC)CCCC)ccn2)Cc2cc(C(CCCC)CCCC)ccn2)Cc2cc(C(CCCC)CCCC)ccn2)c1. The summed E-state index contributed by atoms with van der Waals surface area (Å²) >= 11 is 0. The van der Waals surface area contributed by atoms with Gasteiger partial charge in [0.15, 0.2) is 0 Å². The van der Waals surface area contributed by atoms with E-state index in [4.69, 9.17) is 19.9 Å². The first-order chi connectivity index (χ1) is 33.4. The summed E-state index contributed by atoms with van der Waals surface area (Å²) in [7, 11) is 0. The topological polar surface area (TPSA) is 58.0 Å². The van der Waals surface area contributed by atoms with Crippen LogP contribution < -0.4 is 0 Å². The lowest BCUT2D eigenvalue weighted by Gasteiger charge is -2.28. The Bertz CT molecular complexity index is 1580.